The lowest BCUT2D eigenvalue weighted by Gasteiger charge is -2.37. The smallest absolute Gasteiger partial charge is 0.226 e. The molecule has 21 heavy (non-hydrogen) atoms. The van der Waals surface area contributed by atoms with Gasteiger partial charge in [0.1, 0.15) is 0 Å². The molecule has 4 nitrogen and oxygen atoms in total. The molecule has 1 fully saturated rings. The number of piperazine rings is 1. The Balaban J connectivity index is 0.00000200. The molecule has 7 heteroatoms. The number of halogens is 3. The second kappa shape index (κ2) is 9.36. The molecule has 0 aliphatic carbocycles. The number of para-hydroxylation sites is 1. The summed E-state index contributed by atoms with van der Waals surface area (Å²) in [5.41, 5.74) is 6.59. The van der Waals surface area contributed by atoms with Crippen LogP contribution in [-0.2, 0) is 4.79 Å². The molecule has 1 aromatic rings. The zero-order chi connectivity index (χ0) is 13.8. The van der Waals surface area contributed by atoms with E-state index < -0.39 is 0 Å². The summed E-state index contributed by atoms with van der Waals surface area (Å²) in [5.74, 6) is 0.0631. The van der Waals surface area contributed by atoms with E-state index in [1.165, 1.54) is 0 Å². The molecule has 0 bridgehead atoms. The van der Waals surface area contributed by atoms with Crippen molar-refractivity contribution in [3.8, 4) is 0 Å². The van der Waals surface area contributed by atoms with Gasteiger partial charge in [0.2, 0.25) is 5.91 Å². The Morgan fingerprint density at radius 1 is 1.24 bits per heavy atom. The van der Waals surface area contributed by atoms with E-state index in [-0.39, 0.29) is 36.6 Å². The predicted octanol–water partition coefficient (Wildman–Crippen LogP) is 2.43. The maximum absolute atomic E-state index is 12.0. The molecule has 0 aromatic heterocycles. The minimum absolute atomic E-state index is 0. The highest BCUT2D eigenvalue weighted by atomic mass is 35.5. The highest BCUT2D eigenvalue weighted by molar-refractivity contribution is 6.33. The first-order chi connectivity index (χ1) is 9.13. The van der Waals surface area contributed by atoms with Gasteiger partial charge >= 0.3 is 0 Å². The van der Waals surface area contributed by atoms with Crippen molar-refractivity contribution in [3.05, 3.63) is 29.3 Å². The molecule has 1 heterocycles. The van der Waals surface area contributed by atoms with Crippen LogP contribution in [0.25, 0.3) is 0 Å². The van der Waals surface area contributed by atoms with Gasteiger partial charge in [0, 0.05) is 38.6 Å². The second-order valence-electron chi connectivity index (χ2n) is 4.90. The van der Waals surface area contributed by atoms with E-state index >= 15 is 0 Å². The first-order valence-corrected chi connectivity index (χ1v) is 6.99. The van der Waals surface area contributed by atoms with Crippen molar-refractivity contribution < 1.29 is 4.79 Å². The van der Waals surface area contributed by atoms with Crippen LogP contribution < -0.4 is 10.6 Å². The number of carbonyl (C=O) groups is 1. The number of amides is 1. The Kier molecular flexibility index (Phi) is 9.06. The molecule has 1 aliphatic heterocycles. The topological polar surface area (TPSA) is 49.6 Å². The molecule has 1 unspecified atom stereocenters. The van der Waals surface area contributed by atoms with Crippen LogP contribution in [0.5, 0.6) is 0 Å². The van der Waals surface area contributed by atoms with Gasteiger partial charge < -0.3 is 15.5 Å². The van der Waals surface area contributed by atoms with Crippen molar-refractivity contribution in [1.29, 1.82) is 0 Å². The van der Waals surface area contributed by atoms with Gasteiger partial charge in [0.15, 0.2) is 0 Å². The largest absolute Gasteiger partial charge is 0.367 e. The van der Waals surface area contributed by atoms with E-state index in [1.807, 2.05) is 36.1 Å². The predicted molar refractivity (Wildman–Crippen MR) is 93.0 cm³/mol. The molecular weight excluding hydrogens is 333 g/mol. The van der Waals surface area contributed by atoms with Crippen LogP contribution in [0, 0.1) is 5.92 Å². The van der Waals surface area contributed by atoms with Crippen LogP contribution in [0.3, 0.4) is 0 Å². The average molecular weight is 355 g/mol. The summed E-state index contributed by atoms with van der Waals surface area (Å²) in [4.78, 5) is 16.2. The monoisotopic (exact) mass is 353 g/mol. The maximum atomic E-state index is 12.0. The zero-order valence-corrected chi connectivity index (χ0v) is 14.4. The summed E-state index contributed by atoms with van der Waals surface area (Å²) in [6.45, 7) is 5.37. The quantitative estimate of drug-likeness (QED) is 0.907. The molecule has 2 rings (SSSR count). The number of anilines is 1. The van der Waals surface area contributed by atoms with E-state index in [0.29, 0.717) is 6.54 Å². The fourth-order valence-electron chi connectivity index (χ4n) is 2.29. The van der Waals surface area contributed by atoms with Gasteiger partial charge in [-0.3, -0.25) is 4.79 Å². The summed E-state index contributed by atoms with van der Waals surface area (Å²) < 4.78 is 0. The van der Waals surface area contributed by atoms with Crippen molar-refractivity contribution >= 4 is 48.0 Å². The summed E-state index contributed by atoms with van der Waals surface area (Å²) in [6, 6.07) is 7.82. The standard InChI is InChI=1S/C14H20ClN3O.2ClH/c1-11(10-16)14(19)18-8-6-17(7-9-18)13-5-3-2-4-12(13)15;;/h2-5,11H,6-10,16H2,1H3;2*1H. The SMILES string of the molecule is CC(CN)C(=O)N1CCN(c2ccccc2Cl)CC1.Cl.Cl. The Labute approximate surface area is 143 Å². The van der Waals surface area contributed by atoms with Crippen molar-refractivity contribution in [3.63, 3.8) is 0 Å². The molecule has 1 amide bonds. The third-order valence-electron chi connectivity index (χ3n) is 3.56. The van der Waals surface area contributed by atoms with E-state index in [9.17, 15) is 4.79 Å². The Hall–Kier alpha value is -0.680. The number of nitrogens with zero attached hydrogens (tertiary/aromatic N) is 2. The van der Waals surface area contributed by atoms with Crippen molar-refractivity contribution in [2.75, 3.05) is 37.6 Å². The van der Waals surface area contributed by atoms with Crippen LogP contribution >= 0.6 is 36.4 Å². The van der Waals surface area contributed by atoms with Gasteiger partial charge in [-0.2, -0.15) is 0 Å². The maximum Gasteiger partial charge on any atom is 0.226 e. The minimum atomic E-state index is -0.0909. The molecular formula is C14H22Cl3N3O. The lowest BCUT2D eigenvalue weighted by atomic mass is 10.1. The number of nitrogens with two attached hydrogens (primary N) is 1. The third kappa shape index (κ3) is 4.92. The van der Waals surface area contributed by atoms with Gasteiger partial charge in [-0.1, -0.05) is 30.7 Å². The summed E-state index contributed by atoms with van der Waals surface area (Å²) in [5, 5.41) is 0.762. The van der Waals surface area contributed by atoms with E-state index in [1.54, 1.807) is 0 Å². The molecule has 1 aliphatic rings. The van der Waals surface area contributed by atoms with Gasteiger partial charge in [0.25, 0.3) is 0 Å². The Morgan fingerprint density at radius 2 is 1.81 bits per heavy atom. The first-order valence-electron chi connectivity index (χ1n) is 6.62. The van der Waals surface area contributed by atoms with Crippen LogP contribution in [0.1, 0.15) is 6.92 Å². The van der Waals surface area contributed by atoms with E-state index in [2.05, 4.69) is 4.90 Å². The zero-order valence-electron chi connectivity index (χ0n) is 12.0. The van der Waals surface area contributed by atoms with Gasteiger partial charge in [-0.05, 0) is 12.1 Å². The van der Waals surface area contributed by atoms with Gasteiger partial charge in [-0.25, -0.2) is 0 Å². The highest BCUT2D eigenvalue weighted by Gasteiger charge is 2.24. The van der Waals surface area contributed by atoms with Crippen LogP contribution in [0.4, 0.5) is 5.69 Å². The number of hydrogen-bond acceptors (Lipinski definition) is 3. The minimum Gasteiger partial charge on any atom is -0.367 e. The molecule has 0 saturated carbocycles. The van der Waals surface area contributed by atoms with Gasteiger partial charge in [-0.15, -0.1) is 24.8 Å². The number of hydrogen-bond donors (Lipinski definition) is 1. The van der Waals surface area contributed by atoms with Crippen LogP contribution in [0.2, 0.25) is 5.02 Å². The highest BCUT2D eigenvalue weighted by Crippen LogP contribution is 2.26. The van der Waals surface area contributed by atoms with Crippen LogP contribution in [0.15, 0.2) is 24.3 Å². The second-order valence-corrected chi connectivity index (χ2v) is 5.31. The first kappa shape index (κ1) is 20.3. The summed E-state index contributed by atoms with van der Waals surface area (Å²) >= 11 is 6.19. The fraction of sp³-hybridized carbons (Fsp3) is 0.500. The Morgan fingerprint density at radius 3 is 2.33 bits per heavy atom. The average Bonchev–Trinajstić information content (AvgIpc) is 2.46. The van der Waals surface area contributed by atoms with E-state index in [4.69, 9.17) is 17.3 Å². The lowest BCUT2D eigenvalue weighted by molar-refractivity contribution is -0.134. The van der Waals surface area contributed by atoms with E-state index in [0.717, 1.165) is 36.9 Å². The third-order valence-corrected chi connectivity index (χ3v) is 3.88. The molecule has 120 valence electrons. The normalized spacial score (nSPS) is 15.8. The van der Waals surface area contributed by atoms with Crippen molar-refractivity contribution in [2.24, 2.45) is 11.7 Å². The summed E-state index contributed by atoms with van der Waals surface area (Å²) in [6.07, 6.45) is 0. The molecule has 0 radical (unpaired) electrons. The number of rotatable bonds is 3. The van der Waals surface area contributed by atoms with Gasteiger partial charge in [0.05, 0.1) is 10.7 Å². The Bertz CT molecular complexity index is 451. The molecule has 1 saturated heterocycles. The summed E-state index contributed by atoms with van der Waals surface area (Å²) in [7, 11) is 0. The number of carbonyl (C=O) groups excluding carboxylic acids is 1. The number of benzene rings is 1. The molecule has 0 spiro atoms. The molecule has 1 aromatic carbocycles. The van der Waals surface area contributed by atoms with Crippen molar-refractivity contribution in [2.45, 2.75) is 6.92 Å². The van der Waals surface area contributed by atoms with Crippen LogP contribution in [-0.4, -0.2) is 43.5 Å². The lowest BCUT2D eigenvalue weighted by Crippen LogP contribution is -2.51. The molecule has 2 N–H and O–H groups in total. The fourth-order valence-corrected chi connectivity index (χ4v) is 2.54. The molecule has 1 atom stereocenters. The van der Waals surface area contributed by atoms with Crippen molar-refractivity contribution in [1.82, 2.24) is 4.90 Å².